The van der Waals surface area contributed by atoms with Crippen molar-refractivity contribution in [2.45, 2.75) is 32.7 Å². The third-order valence-electron chi connectivity index (χ3n) is 5.01. The highest BCUT2D eigenvalue weighted by atomic mass is 19.1. The summed E-state index contributed by atoms with van der Waals surface area (Å²) < 4.78 is 26.0. The summed E-state index contributed by atoms with van der Waals surface area (Å²) in [5, 5.41) is 2.73. The quantitative estimate of drug-likeness (QED) is 0.659. The van der Waals surface area contributed by atoms with Crippen LogP contribution in [0, 0.1) is 5.82 Å². The molecule has 1 unspecified atom stereocenters. The van der Waals surface area contributed by atoms with Crippen molar-refractivity contribution in [1.82, 2.24) is 14.9 Å². The van der Waals surface area contributed by atoms with Crippen LogP contribution in [-0.4, -0.2) is 22.1 Å². The van der Waals surface area contributed by atoms with Crippen molar-refractivity contribution in [2.75, 3.05) is 6.61 Å². The van der Waals surface area contributed by atoms with Gasteiger partial charge < -0.3 is 14.8 Å². The molecule has 2 heterocycles. The van der Waals surface area contributed by atoms with Gasteiger partial charge in [-0.15, -0.1) is 0 Å². The van der Waals surface area contributed by atoms with E-state index in [4.69, 9.17) is 9.47 Å². The summed E-state index contributed by atoms with van der Waals surface area (Å²) in [6, 6.07) is 15.1. The molecule has 2 aromatic carbocycles. The fourth-order valence-electron chi connectivity index (χ4n) is 3.36. The zero-order valence-electron chi connectivity index (χ0n) is 17.0. The smallest absolute Gasteiger partial charge is 0.296 e. The maximum atomic E-state index is 13.1. The number of ether oxygens (including phenoxy) is 2. The lowest BCUT2D eigenvalue weighted by atomic mass is 10.2. The molecule has 1 aliphatic rings. The molecule has 0 saturated carbocycles. The van der Waals surface area contributed by atoms with Gasteiger partial charge in [-0.3, -0.25) is 14.2 Å². The van der Waals surface area contributed by atoms with Crippen molar-refractivity contribution >= 4 is 5.91 Å². The number of benzene rings is 2. The van der Waals surface area contributed by atoms with Crippen molar-refractivity contribution in [3.8, 4) is 5.75 Å². The van der Waals surface area contributed by atoms with Crippen LogP contribution in [0.2, 0.25) is 0 Å². The lowest BCUT2D eigenvalue weighted by Gasteiger charge is -2.25. The maximum absolute atomic E-state index is 13.1. The molecular weight excluding hydrogens is 401 g/mol. The van der Waals surface area contributed by atoms with Gasteiger partial charge in [0.25, 0.3) is 11.5 Å². The van der Waals surface area contributed by atoms with Gasteiger partial charge in [-0.05, 0) is 30.2 Å². The molecule has 31 heavy (non-hydrogen) atoms. The first-order valence-electron chi connectivity index (χ1n) is 9.98. The molecule has 160 valence electrons. The minimum atomic E-state index is -0.550. The highest BCUT2D eigenvalue weighted by Crippen LogP contribution is 2.22. The van der Waals surface area contributed by atoms with Crippen molar-refractivity contribution in [3.05, 3.63) is 93.4 Å². The predicted octanol–water partition coefficient (Wildman–Crippen LogP) is 2.98. The molecule has 1 aromatic heterocycles. The number of carbonyl (C=O) groups excluding carboxylic acids is 1. The van der Waals surface area contributed by atoms with E-state index in [1.54, 1.807) is 19.1 Å². The summed E-state index contributed by atoms with van der Waals surface area (Å²) in [6.45, 7) is 2.78. The molecule has 1 amide bonds. The predicted molar refractivity (Wildman–Crippen MR) is 111 cm³/mol. The van der Waals surface area contributed by atoms with Gasteiger partial charge >= 0.3 is 0 Å². The Morgan fingerprint density at radius 3 is 2.68 bits per heavy atom. The molecule has 4 rings (SSSR count). The largest absolute Gasteiger partial charge is 0.481 e. The summed E-state index contributed by atoms with van der Waals surface area (Å²) in [7, 11) is 0. The van der Waals surface area contributed by atoms with E-state index in [9.17, 15) is 14.0 Å². The third kappa shape index (κ3) is 4.64. The summed E-state index contributed by atoms with van der Waals surface area (Å²) in [6.07, 6.45) is -0.423. The molecule has 0 fully saturated rings. The van der Waals surface area contributed by atoms with Crippen LogP contribution in [0.4, 0.5) is 4.39 Å². The van der Waals surface area contributed by atoms with Crippen LogP contribution >= 0.6 is 0 Å². The third-order valence-corrected chi connectivity index (χ3v) is 5.01. The number of aromatic nitrogens is 2. The van der Waals surface area contributed by atoms with Crippen molar-refractivity contribution in [2.24, 2.45) is 0 Å². The molecule has 3 aromatic rings. The number of halogens is 1. The second-order valence-corrected chi connectivity index (χ2v) is 7.20. The van der Waals surface area contributed by atoms with Crippen LogP contribution < -0.4 is 15.6 Å². The van der Waals surface area contributed by atoms with E-state index < -0.39 is 17.6 Å². The molecule has 0 radical (unpaired) electrons. The van der Waals surface area contributed by atoms with Gasteiger partial charge in [-0.1, -0.05) is 42.5 Å². The van der Waals surface area contributed by atoms with E-state index in [0.717, 1.165) is 5.56 Å². The number of rotatable bonds is 6. The van der Waals surface area contributed by atoms with Crippen molar-refractivity contribution < 1.29 is 18.7 Å². The average molecular weight is 423 g/mol. The van der Waals surface area contributed by atoms with Gasteiger partial charge in [-0.25, -0.2) is 9.37 Å². The van der Waals surface area contributed by atoms with Gasteiger partial charge in [0, 0.05) is 6.54 Å². The van der Waals surface area contributed by atoms with E-state index in [0.29, 0.717) is 24.5 Å². The SMILES string of the molecule is CC1OCCn2c1nc(C(=O)NCc1ccc(F)cc1)c(OCc1ccccc1)c2=O. The van der Waals surface area contributed by atoms with Crippen molar-refractivity contribution in [3.63, 3.8) is 0 Å². The molecule has 7 nitrogen and oxygen atoms in total. The lowest BCUT2D eigenvalue weighted by molar-refractivity contribution is 0.0254. The number of nitrogens with one attached hydrogen (secondary N) is 1. The molecule has 0 saturated heterocycles. The fourth-order valence-corrected chi connectivity index (χ4v) is 3.36. The second-order valence-electron chi connectivity index (χ2n) is 7.20. The molecular formula is C23H22FN3O4. The zero-order valence-corrected chi connectivity index (χ0v) is 17.0. The van der Waals surface area contributed by atoms with Gasteiger partial charge in [0.1, 0.15) is 24.4 Å². The Morgan fingerprint density at radius 2 is 1.94 bits per heavy atom. The van der Waals surface area contributed by atoms with Crippen LogP contribution in [0.3, 0.4) is 0 Å². The van der Waals surface area contributed by atoms with Crippen LogP contribution in [-0.2, 0) is 24.4 Å². The Hall–Kier alpha value is -3.52. The van der Waals surface area contributed by atoms with E-state index in [1.807, 2.05) is 30.3 Å². The van der Waals surface area contributed by atoms with Gasteiger partial charge in [0.05, 0.1) is 13.2 Å². The highest BCUT2D eigenvalue weighted by Gasteiger charge is 2.27. The molecule has 1 atom stereocenters. The van der Waals surface area contributed by atoms with E-state index in [2.05, 4.69) is 10.3 Å². The molecule has 8 heteroatoms. The standard InChI is InChI=1S/C23H22FN3O4/c1-15-21-26-19(22(28)25-13-16-7-9-18(24)10-8-16)20(23(29)27(21)11-12-30-15)31-14-17-5-3-2-4-6-17/h2-10,15H,11-14H2,1H3,(H,25,28). The Labute approximate surface area is 178 Å². The topological polar surface area (TPSA) is 82.5 Å². The Morgan fingerprint density at radius 1 is 1.19 bits per heavy atom. The summed E-state index contributed by atoms with van der Waals surface area (Å²) in [4.78, 5) is 30.5. The molecule has 0 aliphatic carbocycles. The number of fused-ring (bicyclic) bond motifs is 1. The lowest BCUT2D eigenvalue weighted by Crippen LogP contribution is -2.37. The fraction of sp³-hybridized carbons (Fsp3) is 0.261. The van der Waals surface area contributed by atoms with E-state index >= 15 is 0 Å². The van der Waals surface area contributed by atoms with Crippen LogP contribution in [0.25, 0.3) is 0 Å². The molecule has 1 aliphatic heterocycles. The van der Waals surface area contributed by atoms with Crippen LogP contribution in [0.15, 0.2) is 59.4 Å². The zero-order chi connectivity index (χ0) is 21.8. The van der Waals surface area contributed by atoms with Crippen LogP contribution in [0.1, 0.15) is 40.5 Å². The Kier molecular flexibility index (Phi) is 6.08. The number of nitrogens with zero attached hydrogens (tertiary/aromatic N) is 2. The summed E-state index contributed by atoms with van der Waals surface area (Å²) in [5.74, 6) is -0.621. The minimum Gasteiger partial charge on any atom is -0.481 e. The molecule has 0 bridgehead atoms. The monoisotopic (exact) mass is 423 g/mol. The Balaban J connectivity index is 1.64. The first-order chi connectivity index (χ1) is 15.0. The number of carbonyl (C=O) groups is 1. The maximum Gasteiger partial charge on any atom is 0.296 e. The first kappa shape index (κ1) is 20.7. The van der Waals surface area contributed by atoms with Crippen molar-refractivity contribution in [1.29, 1.82) is 0 Å². The molecule has 0 spiro atoms. The summed E-state index contributed by atoms with van der Waals surface area (Å²) in [5.41, 5.74) is 1.07. The first-order valence-corrected chi connectivity index (χ1v) is 9.98. The van der Waals surface area contributed by atoms with Gasteiger partial charge in [0.2, 0.25) is 5.75 Å². The number of hydrogen-bond donors (Lipinski definition) is 1. The van der Waals surface area contributed by atoms with E-state index in [-0.39, 0.29) is 30.4 Å². The van der Waals surface area contributed by atoms with Gasteiger partial charge in [-0.2, -0.15) is 0 Å². The number of hydrogen-bond acceptors (Lipinski definition) is 5. The number of amides is 1. The minimum absolute atomic E-state index is 0.0911. The van der Waals surface area contributed by atoms with Crippen LogP contribution in [0.5, 0.6) is 5.75 Å². The normalized spacial score (nSPS) is 15.2. The Bertz CT molecular complexity index is 1130. The average Bonchev–Trinajstić information content (AvgIpc) is 2.79. The second kappa shape index (κ2) is 9.09. The van der Waals surface area contributed by atoms with Gasteiger partial charge in [0.15, 0.2) is 5.69 Å². The summed E-state index contributed by atoms with van der Waals surface area (Å²) >= 11 is 0. The highest BCUT2D eigenvalue weighted by molar-refractivity contribution is 5.94. The van der Waals surface area contributed by atoms with E-state index in [1.165, 1.54) is 16.7 Å². The molecule has 1 N–H and O–H groups in total.